The predicted octanol–water partition coefficient (Wildman–Crippen LogP) is 5.97. The molecule has 3 aromatic carbocycles. The van der Waals surface area contributed by atoms with Crippen molar-refractivity contribution >= 4 is 11.7 Å². The number of benzene rings is 3. The van der Waals surface area contributed by atoms with E-state index in [9.17, 15) is 26.7 Å². The maximum absolute atomic E-state index is 13.8. The smallest absolute Gasteiger partial charge is 0.312 e. The highest BCUT2D eigenvalue weighted by Crippen LogP contribution is 2.24. The third-order valence-electron chi connectivity index (χ3n) is 4.48. The number of carbonyl (C=O) groups excluding carboxylic acids is 1. The number of rotatable bonds is 7. The van der Waals surface area contributed by atoms with Crippen molar-refractivity contribution in [1.29, 1.82) is 0 Å². The van der Waals surface area contributed by atoms with E-state index < -0.39 is 40.6 Å². The Kier molecular flexibility index (Phi) is 7.12. The van der Waals surface area contributed by atoms with E-state index in [0.717, 1.165) is 5.56 Å². The van der Waals surface area contributed by atoms with Crippen molar-refractivity contribution in [3.63, 3.8) is 0 Å². The third kappa shape index (κ3) is 5.14. The Morgan fingerprint density at radius 3 is 1.84 bits per heavy atom. The number of carbonyl (C=O) groups is 1. The summed E-state index contributed by atoms with van der Waals surface area (Å²) in [6.07, 6.45) is 1.64. The monoisotopic (exact) mass is 433 g/mol. The quantitative estimate of drug-likeness (QED) is 0.115. The van der Waals surface area contributed by atoms with E-state index in [2.05, 4.69) is 9.99 Å². The second-order valence-corrected chi connectivity index (χ2v) is 6.57. The molecule has 0 fully saturated rings. The lowest BCUT2D eigenvalue weighted by Gasteiger charge is -2.08. The topological polar surface area (TPSA) is 38.7 Å². The van der Waals surface area contributed by atoms with Crippen molar-refractivity contribution in [2.45, 2.75) is 19.3 Å². The van der Waals surface area contributed by atoms with Crippen LogP contribution in [0.4, 0.5) is 22.0 Å². The fourth-order valence-corrected chi connectivity index (χ4v) is 2.90. The Morgan fingerprint density at radius 1 is 0.742 bits per heavy atom. The van der Waals surface area contributed by atoms with Crippen LogP contribution in [-0.4, -0.2) is 11.7 Å². The van der Waals surface area contributed by atoms with Gasteiger partial charge in [-0.15, -0.1) is 0 Å². The van der Waals surface area contributed by atoms with Crippen LogP contribution in [0.15, 0.2) is 65.8 Å². The lowest BCUT2D eigenvalue weighted by atomic mass is 10.0. The van der Waals surface area contributed by atoms with Crippen LogP contribution in [0.5, 0.6) is 0 Å². The second-order valence-electron chi connectivity index (χ2n) is 6.57. The third-order valence-corrected chi connectivity index (χ3v) is 4.48. The fraction of sp³-hybridized carbons (Fsp3) is 0.130. The summed E-state index contributed by atoms with van der Waals surface area (Å²) < 4.78 is 67.5. The normalized spacial score (nSPS) is 11.5. The van der Waals surface area contributed by atoms with Gasteiger partial charge in [-0.25, -0.2) is 26.7 Å². The molecule has 0 saturated heterocycles. The Balaban J connectivity index is 1.82. The van der Waals surface area contributed by atoms with Gasteiger partial charge in [-0.3, -0.25) is 0 Å². The van der Waals surface area contributed by atoms with Gasteiger partial charge in [-0.05, 0) is 30.4 Å². The molecule has 0 amide bonds. The van der Waals surface area contributed by atoms with Crippen molar-refractivity contribution in [2.75, 3.05) is 0 Å². The molecule has 0 aliphatic heterocycles. The zero-order valence-corrected chi connectivity index (χ0v) is 16.0. The van der Waals surface area contributed by atoms with E-state index in [1.807, 2.05) is 30.3 Å². The van der Waals surface area contributed by atoms with Gasteiger partial charge < -0.3 is 4.84 Å². The summed E-state index contributed by atoms with van der Waals surface area (Å²) in [6, 6.07) is 18.1. The highest BCUT2D eigenvalue weighted by Gasteiger charge is 2.31. The largest absolute Gasteiger partial charge is 0.371 e. The van der Waals surface area contributed by atoms with Gasteiger partial charge in [0.2, 0.25) is 5.82 Å². The average molecular weight is 433 g/mol. The molecule has 3 nitrogen and oxygen atoms in total. The van der Waals surface area contributed by atoms with Crippen molar-refractivity contribution in [1.82, 2.24) is 0 Å². The minimum Gasteiger partial charge on any atom is -0.312 e. The van der Waals surface area contributed by atoms with Gasteiger partial charge in [-0.1, -0.05) is 65.8 Å². The van der Waals surface area contributed by atoms with Crippen LogP contribution in [0, 0.1) is 29.1 Å². The van der Waals surface area contributed by atoms with Gasteiger partial charge in [-0.2, -0.15) is 0 Å². The van der Waals surface area contributed by atoms with Crippen LogP contribution in [-0.2, 0) is 11.3 Å². The number of halogens is 5. The first-order valence-corrected chi connectivity index (χ1v) is 9.29. The van der Waals surface area contributed by atoms with Crippen LogP contribution >= 0.6 is 0 Å². The highest BCUT2D eigenvalue weighted by molar-refractivity contribution is 6.01. The molecule has 8 heteroatoms. The summed E-state index contributed by atoms with van der Waals surface area (Å²) in [5, 5.41) is 3.66. The summed E-state index contributed by atoms with van der Waals surface area (Å²) in [7, 11) is 0. The Labute approximate surface area is 174 Å². The number of aryl methyl sites for hydroxylation is 1. The molecule has 0 saturated carbocycles. The molecule has 31 heavy (non-hydrogen) atoms. The molecule has 0 aromatic heterocycles. The number of oxime groups is 1. The van der Waals surface area contributed by atoms with Crippen molar-refractivity contribution in [3.05, 3.63) is 106 Å². The Morgan fingerprint density at radius 2 is 1.26 bits per heavy atom. The van der Waals surface area contributed by atoms with Crippen LogP contribution < -0.4 is 0 Å². The molecule has 0 bridgehead atoms. The zero-order chi connectivity index (χ0) is 22.4. The SMILES string of the molecule is O=C(O/N=C(/CCCc1ccccc1)c1ccccc1)c1c(F)c(F)c(F)c(F)c1F. The van der Waals surface area contributed by atoms with Gasteiger partial charge in [0.1, 0.15) is 5.56 Å². The molecular weight excluding hydrogens is 417 g/mol. The molecule has 0 unspecified atom stereocenters. The van der Waals surface area contributed by atoms with Crippen molar-refractivity contribution in [2.24, 2.45) is 5.16 Å². The highest BCUT2D eigenvalue weighted by atomic mass is 19.2. The molecule has 0 N–H and O–H groups in total. The molecule has 0 atom stereocenters. The minimum atomic E-state index is -2.36. The average Bonchev–Trinajstić information content (AvgIpc) is 2.80. The summed E-state index contributed by atoms with van der Waals surface area (Å²) >= 11 is 0. The van der Waals surface area contributed by atoms with E-state index in [1.54, 1.807) is 30.3 Å². The van der Waals surface area contributed by atoms with Gasteiger partial charge in [0.05, 0.1) is 5.71 Å². The Bertz CT molecular complexity index is 1070. The molecule has 0 radical (unpaired) electrons. The summed E-state index contributed by atoms with van der Waals surface area (Å²) in [4.78, 5) is 16.6. The number of hydrogen-bond donors (Lipinski definition) is 0. The van der Waals surface area contributed by atoms with Gasteiger partial charge >= 0.3 is 5.97 Å². The van der Waals surface area contributed by atoms with Crippen LogP contribution in [0.2, 0.25) is 0 Å². The summed E-state index contributed by atoms with van der Waals surface area (Å²) in [6.45, 7) is 0. The molecular formula is C23H16F5NO2. The van der Waals surface area contributed by atoms with Gasteiger partial charge in [0.15, 0.2) is 23.3 Å². The first-order chi connectivity index (χ1) is 14.9. The first-order valence-electron chi connectivity index (χ1n) is 9.29. The number of hydrogen-bond acceptors (Lipinski definition) is 3. The molecule has 3 aromatic rings. The molecule has 0 aliphatic rings. The van der Waals surface area contributed by atoms with E-state index in [-0.39, 0.29) is 5.71 Å². The first kappa shape index (κ1) is 22.1. The van der Waals surface area contributed by atoms with Crippen LogP contribution in [0.1, 0.15) is 34.3 Å². The summed E-state index contributed by atoms with van der Waals surface area (Å²) in [5.74, 6) is -13.2. The van der Waals surface area contributed by atoms with Crippen molar-refractivity contribution in [3.8, 4) is 0 Å². The van der Waals surface area contributed by atoms with Gasteiger partial charge in [0, 0.05) is 0 Å². The fourth-order valence-electron chi connectivity index (χ4n) is 2.90. The van der Waals surface area contributed by atoms with E-state index in [1.165, 1.54) is 0 Å². The zero-order valence-electron chi connectivity index (χ0n) is 16.0. The standard InChI is InChI=1S/C23H16F5NO2/c24-18-17(19(25)21(27)22(28)20(18)26)23(30)31-29-16(15-11-5-2-6-12-15)13-7-10-14-8-3-1-4-9-14/h1-6,8-9,11-12H,7,10,13H2/b29-16-. The molecule has 160 valence electrons. The molecule has 3 rings (SSSR count). The minimum absolute atomic E-state index is 0.286. The van der Waals surface area contributed by atoms with Crippen molar-refractivity contribution < 1.29 is 31.6 Å². The predicted molar refractivity (Wildman–Crippen MR) is 104 cm³/mol. The molecule has 0 aliphatic carbocycles. The van der Waals surface area contributed by atoms with E-state index in [4.69, 9.17) is 0 Å². The molecule has 0 heterocycles. The van der Waals surface area contributed by atoms with Gasteiger partial charge in [0.25, 0.3) is 0 Å². The van der Waals surface area contributed by atoms with E-state index >= 15 is 0 Å². The maximum atomic E-state index is 13.8. The van der Waals surface area contributed by atoms with Crippen LogP contribution in [0.25, 0.3) is 0 Å². The lowest BCUT2D eigenvalue weighted by Crippen LogP contribution is -2.14. The summed E-state index contributed by atoms with van der Waals surface area (Å²) in [5.41, 5.74) is 0.250. The maximum Gasteiger partial charge on any atom is 0.371 e. The lowest BCUT2D eigenvalue weighted by molar-refractivity contribution is 0.0500. The molecule has 0 spiro atoms. The number of nitrogens with zero attached hydrogens (tertiary/aromatic N) is 1. The Hall–Kier alpha value is -3.55. The van der Waals surface area contributed by atoms with E-state index in [0.29, 0.717) is 24.8 Å². The van der Waals surface area contributed by atoms with Crippen LogP contribution in [0.3, 0.4) is 0 Å². The second kappa shape index (κ2) is 9.97.